The molecule has 4 N–H and O–H groups in total. The van der Waals surface area contributed by atoms with Crippen molar-refractivity contribution in [3.05, 3.63) is 17.7 Å². The second-order valence-corrected chi connectivity index (χ2v) is 4.81. The number of hydrogen-bond donors (Lipinski definition) is 3. The molecule has 1 unspecified atom stereocenters. The zero-order valence-corrected chi connectivity index (χ0v) is 10.8. The maximum atomic E-state index is 12.1. The molecule has 0 radical (unpaired) electrons. The van der Waals surface area contributed by atoms with E-state index in [9.17, 15) is 9.59 Å². The Bertz CT molecular complexity index is 573. The molecule has 1 saturated heterocycles. The number of rotatable bonds is 3. The van der Waals surface area contributed by atoms with E-state index < -0.39 is 0 Å². The summed E-state index contributed by atoms with van der Waals surface area (Å²) in [6.07, 6.45) is 1.24. The number of nitrogens with one attached hydrogen (secondary N) is 2. The number of fused-ring (bicyclic) bond motifs is 1. The van der Waals surface area contributed by atoms with Crippen LogP contribution in [-0.2, 0) is 4.79 Å². The Morgan fingerprint density at radius 3 is 2.85 bits per heavy atom. The molecule has 7 heteroatoms. The number of anilines is 1. The molecule has 2 aliphatic heterocycles. The van der Waals surface area contributed by atoms with Gasteiger partial charge in [-0.15, -0.1) is 0 Å². The number of carbonyl (C=O) groups excluding carboxylic acids is 2. The van der Waals surface area contributed by atoms with Gasteiger partial charge in [-0.25, -0.2) is 0 Å². The van der Waals surface area contributed by atoms with Crippen LogP contribution in [0.2, 0.25) is 0 Å². The Morgan fingerprint density at radius 1 is 1.40 bits per heavy atom. The van der Waals surface area contributed by atoms with E-state index in [1.54, 1.807) is 12.1 Å². The van der Waals surface area contributed by atoms with Gasteiger partial charge >= 0.3 is 0 Å². The highest BCUT2D eigenvalue weighted by molar-refractivity contribution is 6.00. The SMILES string of the molecule is Nc1cc2c(cc1C(=O)NCC1CCC(=O)N1)OCO2. The van der Waals surface area contributed by atoms with Crippen LogP contribution in [-0.4, -0.2) is 31.2 Å². The highest BCUT2D eigenvalue weighted by atomic mass is 16.7. The van der Waals surface area contributed by atoms with E-state index in [-0.39, 0.29) is 24.6 Å². The zero-order valence-electron chi connectivity index (χ0n) is 10.8. The Labute approximate surface area is 115 Å². The molecule has 0 aromatic heterocycles. The second-order valence-electron chi connectivity index (χ2n) is 4.81. The summed E-state index contributed by atoms with van der Waals surface area (Å²) in [7, 11) is 0. The van der Waals surface area contributed by atoms with Gasteiger partial charge in [-0.2, -0.15) is 0 Å². The van der Waals surface area contributed by atoms with Crippen LogP contribution in [0.1, 0.15) is 23.2 Å². The summed E-state index contributed by atoms with van der Waals surface area (Å²) in [5.41, 5.74) is 6.52. The van der Waals surface area contributed by atoms with Gasteiger partial charge in [0.25, 0.3) is 5.91 Å². The van der Waals surface area contributed by atoms with Gasteiger partial charge < -0.3 is 25.8 Å². The first-order chi connectivity index (χ1) is 9.63. The van der Waals surface area contributed by atoms with Crippen molar-refractivity contribution in [2.75, 3.05) is 19.1 Å². The second kappa shape index (κ2) is 4.92. The molecule has 0 saturated carbocycles. The monoisotopic (exact) mass is 277 g/mol. The number of nitrogens with two attached hydrogens (primary N) is 1. The van der Waals surface area contributed by atoms with E-state index in [4.69, 9.17) is 15.2 Å². The third-order valence-corrected chi connectivity index (χ3v) is 3.38. The Hall–Kier alpha value is -2.44. The van der Waals surface area contributed by atoms with Crippen LogP contribution in [0.15, 0.2) is 12.1 Å². The lowest BCUT2D eigenvalue weighted by atomic mass is 10.1. The highest BCUT2D eigenvalue weighted by Gasteiger charge is 2.23. The lowest BCUT2D eigenvalue weighted by Crippen LogP contribution is -2.38. The smallest absolute Gasteiger partial charge is 0.253 e. The van der Waals surface area contributed by atoms with Gasteiger partial charge in [-0.05, 0) is 12.5 Å². The quantitative estimate of drug-likeness (QED) is 0.675. The first-order valence-corrected chi connectivity index (χ1v) is 6.40. The third kappa shape index (κ3) is 2.34. The van der Waals surface area contributed by atoms with Crippen LogP contribution in [0.3, 0.4) is 0 Å². The minimum Gasteiger partial charge on any atom is -0.454 e. The third-order valence-electron chi connectivity index (χ3n) is 3.38. The molecule has 7 nitrogen and oxygen atoms in total. The van der Waals surface area contributed by atoms with Crippen molar-refractivity contribution in [1.29, 1.82) is 0 Å². The molecule has 3 rings (SSSR count). The van der Waals surface area contributed by atoms with Crippen LogP contribution >= 0.6 is 0 Å². The van der Waals surface area contributed by atoms with Crippen LogP contribution < -0.4 is 25.8 Å². The predicted molar refractivity (Wildman–Crippen MR) is 70.5 cm³/mol. The van der Waals surface area contributed by atoms with Crippen molar-refractivity contribution >= 4 is 17.5 Å². The summed E-state index contributed by atoms with van der Waals surface area (Å²) in [6.45, 7) is 0.520. The number of nitrogen functional groups attached to an aromatic ring is 1. The minimum atomic E-state index is -0.290. The molecule has 106 valence electrons. The fourth-order valence-corrected chi connectivity index (χ4v) is 2.30. The minimum absolute atomic E-state index is 0.0123. The average Bonchev–Trinajstić information content (AvgIpc) is 3.03. The van der Waals surface area contributed by atoms with Gasteiger partial charge in [-0.1, -0.05) is 0 Å². The van der Waals surface area contributed by atoms with E-state index in [2.05, 4.69) is 10.6 Å². The van der Waals surface area contributed by atoms with E-state index >= 15 is 0 Å². The van der Waals surface area contributed by atoms with Gasteiger partial charge in [0.1, 0.15) is 0 Å². The van der Waals surface area contributed by atoms with Crippen molar-refractivity contribution in [2.24, 2.45) is 0 Å². The lowest BCUT2D eigenvalue weighted by Gasteiger charge is -2.12. The molecule has 2 amide bonds. The lowest BCUT2D eigenvalue weighted by molar-refractivity contribution is -0.119. The first-order valence-electron chi connectivity index (χ1n) is 6.40. The van der Waals surface area contributed by atoms with Crippen LogP contribution in [0, 0.1) is 0 Å². The molecular formula is C13H15N3O4. The Morgan fingerprint density at radius 2 is 2.15 bits per heavy atom. The van der Waals surface area contributed by atoms with Gasteiger partial charge in [0.15, 0.2) is 11.5 Å². The average molecular weight is 277 g/mol. The highest BCUT2D eigenvalue weighted by Crippen LogP contribution is 2.35. The summed E-state index contributed by atoms with van der Waals surface area (Å²) >= 11 is 0. The number of hydrogen-bond acceptors (Lipinski definition) is 5. The standard InChI is InChI=1S/C13H15N3O4/c14-9-4-11-10(19-6-20-11)3-8(9)13(18)15-5-7-1-2-12(17)16-7/h3-4,7H,1-2,5-6,14H2,(H,15,18)(H,16,17). The van der Waals surface area contributed by atoms with Gasteiger partial charge in [-0.3, -0.25) is 9.59 Å². The molecule has 0 bridgehead atoms. The zero-order chi connectivity index (χ0) is 14.1. The molecule has 20 heavy (non-hydrogen) atoms. The van der Waals surface area contributed by atoms with E-state index in [0.717, 1.165) is 6.42 Å². The van der Waals surface area contributed by atoms with Crippen LogP contribution in [0.25, 0.3) is 0 Å². The van der Waals surface area contributed by atoms with Crippen molar-refractivity contribution in [3.63, 3.8) is 0 Å². The Kier molecular flexibility index (Phi) is 3.09. The fraction of sp³-hybridized carbons (Fsp3) is 0.385. The summed E-state index contributed by atoms with van der Waals surface area (Å²) < 4.78 is 10.4. The fourth-order valence-electron chi connectivity index (χ4n) is 2.30. The number of amides is 2. The molecular weight excluding hydrogens is 262 g/mol. The summed E-state index contributed by atoms with van der Waals surface area (Å²) in [6, 6.07) is 3.14. The summed E-state index contributed by atoms with van der Waals surface area (Å²) in [5.74, 6) is 0.786. The number of carbonyl (C=O) groups is 2. The summed E-state index contributed by atoms with van der Waals surface area (Å²) in [4.78, 5) is 23.2. The van der Waals surface area contributed by atoms with Gasteiger partial charge in [0, 0.05) is 30.8 Å². The molecule has 1 aromatic carbocycles. The molecule has 2 aliphatic rings. The van der Waals surface area contributed by atoms with E-state index in [0.29, 0.717) is 35.7 Å². The summed E-state index contributed by atoms with van der Waals surface area (Å²) in [5, 5.41) is 5.55. The molecule has 0 spiro atoms. The first kappa shape index (κ1) is 12.6. The van der Waals surface area contributed by atoms with Crippen LogP contribution in [0.4, 0.5) is 5.69 Å². The molecule has 0 aliphatic carbocycles. The van der Waals surface area contributed by atoms with Crippen molar-refractivity contribution < 1.29 is 19.1 Å². The van der Waals surface area contributed by atoms with Crippen LogP contribution in [0.5, 0.6) is 11.5 Å². The molecule has 1 aromatic rings. The number of benzene rings is 1. The topological polar surface area (TPSA) is 103 Å². The molecule has 1 atom stereocenters. The van der Waals surface area contributed by atoms with E-state index in [1.165, 1.54) is 0 Å². The van der Waals surface area contributed by atoms with Gasteiger partial charge in [0.05, 0.1) is 5.56 Å². The van der Waals surface area contributed by atoms with E-state index in [1.807, 2.05) is 0 Å². The van der Waals surface area contributed by atoms with Crippen molar-refractivity contribution in [2.45, 2.75) is 18.9 Å². The largest absolute Gasteiger partial charge is 0.454 e. The Balaban J connectivity index is 1.66. The number of ether oxygens (including phenoxy) is 2. The maximum Gasteiger partial charge on any atom is 0.253 e. The molecule has 1 fully saturated rings. The normalized spacial score (nSPS) is 19.8. The van der Waals surface area contributed by atoms with Crippen molar-refractivity contribution in [1.82, 2.24) is 10.6 Å². The molecule has 2 heterocycles. The van der Waals surface area contributed by atoms with Crippen molar-refractivity contribution in [3.8, 4) is 11.5 Å². The predicted octanol–water partition coefficient (Wildman–Crippen LogP) is 0.00590. The van der Waals surface area contributed by atoms with Gasteiger partial charge in [0.2, 0.25) is 12.7 Å². The maximum absolute atomic E-state index is 12.1.